The molecular formula is C21H20BrNO6. The van der Waals surface area contributed by atoms with Gasteiger partial charge in [-0.15, -0.1) is 0 Å². The molecule has 0 aliphatic heterocycles. The van der Waals surface area contributed by atoms with Gasteiger partial charge in [-0.1, -0.05) is 15.9 Å². The lowest BCUT2D eigenvalue weighted by atomic mass is 10.1. The number of rotatable bonds is 6. The van der Waals surface area contributed by atoms with Crippen LogP contribution >= 0.6 is 15.9 Å². The maximum Gasteiger partial charge on any atom is 0.375 e. The number of nitrogens with one attached hydrogen (secondary N) is 1. The van der Waals surface area contributed by atoms with Gasteiger partial charge in [0.2, 0.25) is 5.76 Å². The first-order valence-corrected chi connectivity index (χ1v) is 9.56. The lowest BCUT2D eigenvalue weighted by Crippen LogP contribution is -2.30. The molecule has 1 atom stereocenters. The fraction of sp³-hybridized carbons (Fsp3) is 0.238. The number of methoxy groups -OCH3 is 2. The molecular weight excluding hydrogens is 442 g/mol. The molecule has 0 saturated carbocycles. The Labute approximate surface area is 176 Å². The Hall–Kier alpha value is -3.00. The highest BCUT2D eigenvalue weighted by atomic mass is 79.9. The number of carbonyl (C=O) groups is 2. The third-order valence-corrected chi connectivity index (χ3v) is 4.89. The van der Waals surface area contributed by atoms with Gasteiger partial charge in [0, 0.05) is 21.5 Å². The third-order valence-electron chi connectivity index (χ3n) is 4.40. The highest BCUT2D eigenvalue weighted by Crippen LogP contribution is 2.30. The second-order valence-electron chi connectivity index (χ2n) is 6.30. The molecule has 0 saturated heterocycles. The van der Waals surface area contributed by atoms with Gasteiger partial charge in [0.1, 0.15) is 17.1 Å². The zero-order valence-electron chi connectivity index (χ0n) is 16.4. The number of hydrogen-bond donors (Lipinski definition) is 1. The van der Waals surface area contributed by atoms with E-state index in [0.29, 0.717) is 28.3 Å². The van der Waals surface area contributed by atoms with E-state index in [2.05, 4.69) is 21.2 Å². The van der Waals surface area contributed by atoms with Crippen LogP contribution in [0.1, 0.15) is 23.0 Å². The van der Waals surface area contributed by atoms with Crippen molar-refractivity contribution in [3.05, 3.63) is 52.2 Å². The van der Waals surface area contributed by atoms with E-state index in [4.69, 9.17) is 18.6 Å². The van der Waals surface area contributed by atoms with E-state index >= 15 is 0 Å². The van der Waals surface area contributed by atoms with Crippen LogP contribution in [0.2, 0.25) is 0 Å². The fourth-order valence-corrected chi connectivity index (χ4v) is 3.16. The molecule has 0 aliphatic rings. The van der Waals surface area contributed by atoms with Crippen LogP contribution < -0.4 is 14.8 Å². The molecule has 1 unspecified atom stereocenters. The number of halogens is 1. The predicted octanol–water partition coefficient (Wildman–Crippen LogP) is 4.70. The molecule has 0 spiro atoms. The van der Waals surface area contributed by atoms with Crippen molar-refractivity contribution in [3.63, 3.8) is 0 Å². The first kappa shape index (κ1) is 20.7. The molecule has 1 N–H and O–H groups in total. The number of furan rings is 1. The van der Waals surface area contributed by atoms with Crippen LogP contribution in [-0.2, 0) is 9.53 Å². The van der Waals surface area contributed by atoms with Crippen LogP contribution in [0.5, 0.6) is 11.5 Å². The molecule has 0 radical (unpaired) electrons. The summed E-state index contributed by atoms with van der Waals surface area (Å²) < 4.78 is 22.2. The number of amides is 1. The van der Waals surface area contributed by atoms with Gasteiger partial charge < -0.3 is 23.9 Å². The lowest BCUT2D eigenvalue weighted by Gasteiger charge is -2.15. The average molecular weight is 462 g/mol. The second kappa shape index (κ2) is 8.57. The largest absolute Gasteiger partial charge is 0.497 e. The van der Waals surface area contributed by atoms with Gasteiger partial charge in [0.25, 0.3) is 5.91 Å². The van der Waals surface area contributed by atoms with E-state index in [1.54, 1.807) is 31.2 Å². The van der Waals surface area contributed by atoms with Crippen LogP contribution in [0.3, 0.4) is 0 Å². The summed E-state index contributed by atoms with van der Waals surface area (Å²) in [6, 6.07) is 10.4. The summed E-state index contributed by atoms with van der Waals surface area (Å²) in [7, 11) is 3.01. The molecule has 152 valence electrons. The Kier molecular flexibility index (Phi) is 6.12. The molecule has 1 aromatic heterocycles. The van der Waals surface area contributed by atoms with Gasteiger partial charge in [0.15, 0.2) is 6.10 Å². The molecule has 7 nitrogen and oxygen atoms in total. The molecule has 1 amide bonds. The van der Waals surface area contributed by atoms with Gasteiger partial charge in [-0.05, 0) is 44.2 Å². The van der Waals surface area contributed by atoms with Crippen molar-refractivity contribution in [2.24, 2.45) is 0 Å². The summed E-state index contributed by atoms with van der Waals surface area (Å²) in [5.41, 5.74) is 1.62. The Morgan fingerprint density at radius 2 is 1.86 bits per heavy atom. The highest BCUT2D eigenvalue weighted by molar-refractivity contribution is 9.10. The third kappa shape index (κ3) is 4.37. The molecule has 0 bridgehead atoms. The first-order chi connectivity index (χ1) is 13.8. The van der Waals surface area contributed by atoms with Crippen LogP contribution in [0, 0.1) is 6.92 Å². The smallest absolute Gasteiger partial charge is 0.375 e. The number of ether oxygens (including phenoxy) is 3. The summed E-state index contributed by atoms with van der Waals surface area (Å²) in [5.74, 6) is -0.153. The summed E-state index contributed by atoms with van der Waals surface area (Å²) in [5, 5.41) is 3.48. The minimum absolute atomic E-state index is 0.0664. The van der Waals surface area contributed by atoms with Crippen molar-refractivity contribution in [1.82, 2.24) is 0 Å². The molecule has 2 aromatic carbocycles. The molecule has 8 heteroatoms. The number of aryl methyl sites for hydroxylation is 1. The molecule has 0 aliphatic carbocycles. The summed E-state index contributed by atoms with van der Waals surface area (Å²) >= 11 is 3.40. The minimum Gasteiger partial charge on any atom is -0.497 e. The highest BCUT2D eigenvalue weighted by Gasteiger charge is 2.25. The van der Waals surface area contributed by atoms with Gasteiger partial charge in [-0.25, -0.2) is 4.79 Å². The van der Waals surface area contributed by atoms with E-state index in [0.717, 1.165) is 9.86 Å². The predicted molar refractivity (Wildman–Crippen MR) is 112 cm³/mol. The zero-order chi connectivity index (χ0) is 21.1. The van der Waals surface area contributed by atoms with Crippen molar-refractivity contribution in [1.29, 1.82) is 0 Å². The topological polar surface area (TPSA) is 87.0 Å². The van der Waals surface area contributed by atoms with E-state index in [1.807, 2.05) is 12.1 Å². The van der Waals surface area contributed by atoms with E-state index in [-0.39, 0.29) is 5.76 Å². The number of benzene rings is 2. The van der Waals surface area contributed by atoms with Crippen molar-refractivity contribution in [2.45, 2.75) is 20.0 Å². The standard InChI is InChI=1S/C21H20BrNO6/c1-11-15-9-13(22)5-7-17(15)29-19(11)21(25)28-12(2)20(24)23-16-10-14(26-3)6-8-18(16)27-4/h5-10,12H,1-4H3,(H,23,24). The van der Waals surface area contributed by atoms with Crippen LogP contribution in [0.25, 0.3) is 11.0 Å². The van der Waals surface area contributed by atoms with E-state index in [9.17, 15) is 9.59 Å². The van der Waals surface area contributed by atoms with Crippen LogP contribution in [-0.4, -0.2) is 32.2 Å². The number of carbonyl (C=O) groups excluding carboxylic acids is 2. The maximum atomic E-state index is 12.6. The van der Waals surface area contributed by atoms with Crippen molar-refractivity contribution in [3.8, 4) is 11.5 Å². The summed E-state index contributed by atoms with van der Waals surface area (Å²) in [4.78, 5) is 25.1. The molecule has 3 aromatic rings. The average Bonchev–Trinajstić information content (AvgIpc) is 3.03. The first-order valence-electron chi connectivity index (χ1n) is 8.76. The van der Waals surface area contributed by atoms with Crippen LogP contribution in [0.15, 0.2) is 45.3 Å². The van der Waals surface area contributed by atoms with Crippen molar-refractivity contribution in [2.75, 3.05) is 19.5 Å². The SMILES string of the molecule is COc1ccc(OC)c(NC(=O)C(C)OC(=O)c2oc3ccc(Br)cc3c2C)c1. The fourth-order valence-electron chi connectivity index (χ4n) is 2.80. The second-order valence-corrected chi connectivity index (χ2v) is 7.22. The lowest BCUT2D eigenvalue weighted by molar-refractivity contribution is -0.123. The van der Waals surface area contributed by atoms with Gasteiger partial charge in [0.05, 0.1) is 19.9 Å². The monoisotopic (exact) mass is 461 g/mol. The minimum atomic E-state index is -1.06. The molecule has 29 heavy (non-hydrogen) atoms. The Morgan fingerprint density at radius 1 is 1.10 bits per heavy atom. The maximum absolute atomic E-state index is 12.6. The molecule has 1 heterocycles. The summed E-state index contributed by atoms with van der Waals surface area (Å²) in [6.07, 6.45) is -1.06. The number of esters is 1. The van der Waals surface area contributed by atoms with E-state index in [1.165, 1.54) is 21.1 Å². The number of fused-ring (bicyclic) bond motifs is 1. The molecule has 3 rings (SSSR count). The van der Waals surface area contributed by atoms with Gasteiger partial charge in [-0.2, -0.15) is 0 Å². The van der Waals surface area contributed by atoms with E-state index < -0.39 is 18.0 Å². The normalized spacial score (nSPS) is 11.8. The van der Waals surface area contributed by atoms with Crippen LogP contribution in [0.4, 0.5) is 5.69 Å². The Morgan fingerprint density at radius 3 is 2.55 bits per heavy atom. The van der Waals surface area contributed by atoms with Crippen molar-refractivity contribution < 1.29 is 28.2 Å². The van der Waals surface area contributed by atoms with Gasteiger partial charge >= 0.3 is 5.97 Å². The Bertz CT molecular complexity index is 1070. The number of anilines is 1. The Balaban J connectivity index is 1.75. The number of hydrogen-bond acceptors (Lipinski definition) is 6. The zero-order valence-corrected chi connectivity index (χ0v) is 18.0. The quantitative estimate of drug-likeness (QED) is 0.535. The van der Waals surface area contributed by atoms with Gasteiger partial charge in [-0.3, -0.25) is 4.79 Å². The molecule has 0 fully saturated rings. The summed E-state index contributed by atoms with van der Waals surface area (Å²) in [6.45, 7) is 3.25. The van der Waals surface area contributed by atoms with Crippen molar-refractivity contribution >= 4 is 44.5 Å².